The monoisotopic (exact) mass is 328 g/mol. The Bertz CT molecular complexity index is 669. The van der Waals surface area contributed by atoms with Crippen LogP contribution in [-0.2, 0) is 0 Å². The second-order valence-corrected chi connectivity index (χ2v) is 6.50. The van der Waals surface area contributed by atoms with Gasteiger partial charge in [-0.1, -0.05) is 25.0 Å². The van der Waals surface area contributed by atoms with E-state index in [-0.39, 0.29) is 11.9 Å². The molecule has 1 amide bonds. The summed E-state index contributed by atoms with van der Waals surface area (Å²) in [6.45, 7) is 2.54. The number of hydrogen-bond donors (Lipinski definition) is 2. The van der Waals surface area contributed by atoms with Crippen LogP contribution in [0.1, 0.15) is 49.4 Å². The molecular weight excluding hydrogens is 304 g/mol. The molecule has 1 aliphatic heterocycles. The van der Waals surface area contributed by atoms with Crippen LogP contribution in [0.4, 0.5) is 0 Å². The Balaban J connectivity index is 1.84. The van der Waals surface area contributed by atoms with E-state index in [1.54, 1.807) is 6.92 Å². The van der Waals surface area contributed by atoms with Crippen LogP contribution in [0.2, 0.25) is 0 Å². The standard InChI is InChI=1S/C18H24N4O2/c1-13(23)10-16-8-3-2-4-9-22(16)18(24)15-7-5-6-14(11-15)17-19-12-20-21-17/h5-7,11-13,16,23H,2-4,8-10H2,1H3,(H,19,20,21). The third-order valence-corrected chi connectivity index (χ3v) is 4.55. The first-order valence-electron chi connectivity index (χ1n) is 8.60. The zero-order chi connectivity index (χ0) is 16.9. The molecule has 6 heteroatoms. The smallest absolute Gasteiger partial charge is 0.254 e. The molecule has 0 bridgehead atoms. The summed E-state index contributed by atoms with van der Waals surface area (Å²) in [7, 11) is 0. The van der Waals surface area contributed by atoms with Crippen molar-refractivity contribution < 1.29 is 9.90 Å². The van der Waals surface area contributed by atoms with E-state index in [0.29, 0.717) is 17.8 Å². The van der Waals surface area contributed by atoms with Gasteiger partial charge in [-0.05, 0) is 38.3 Å². The van der Waals surface area contributed by atoms with Crippen LogP contribution in [0.25, 0.3) is 11.4 Å². The van der Waals surface area contributed by atoms with Crippen molar-refractivity contribution >= 4 is 5.91 Å². The molecule has 1 aromatic carbocycles. The average molecular weight is 328 g/mol. The van der Waals surface area contributed by atoms with Crippen molar-refractivity contribution in [3.63, 3.8) is 0 Å². The molecule has 0 aliphatic carbocycles. The first-order chi connectivity index (χ1) is 11.6. The molecule has 2 atom stereocenters. The number of carbonyl (C=O) groups excluding carboxylic acids is 1. The molecule has 24 heavy (non-hydrogen) atoms. The minimum Gasteiger partial charge on any atom is -0.393 e. The van der Waals surface area contributed by atoms with Crippen molar-refractivity contribution in [2.24, 2.45) is 0 Å². The lowest BCUT2D eigenvalue weighted by Crippen LogP contribution is -2.41. The molecule has 3 rings (SSSR count). The molecule has 0 radical (unpaired) electrons. The van der Waals surface area contributed by atoms with Gasteiger partial charge in [-0.25, -0.2) is 4.98 Å². The molecule has 1 fully saturated rings. The van der Waals surface area contributed by atoms with Crippen molar-refractivity contribution in [1.29, 1.82) is 0 Å². The SMILES string of the molecule is CC(O)CC1CCCCCN1C(=O)c1cccc(-c2ncn[nH]2)c1. The number of aromatic amines is 1. The summed E-state index contributed by atoms with van der Waals surface area (Å²) < 4.78 is 0. The zero-order valence-electron chi connectivity index (χ0n) is 14.0. The Labute approximate surface area is 141 Å². The van der Waals surface area contributed by atoms with Crippen LogP contribution in [0, 0.1) is 0 Å². The first kappa shape index (κ1) is 16.6. The molecule has 2 N–H and O–H groups in total. The van der Waals surface area contributed by atoms with E-state index in [2.05, 4.69) is 15.2 Å². The van der Waals surface area contributed by atoms with Gasteiger partial charge in [0.15, 0.2) is 5.82 Å². The first-order valence-corrected chi connectivity index (χ1v) is 8.60. The highest BCUT2D eigenvalue weighted by Gasteiger charge is 2.27. The van der Waals surface area contributed by atoms with Gasteiger partial charge in [-0.3, -0.25) is 9.89 Å². The number of nitrogens with one attached hydrogen (secondary N) is 1. The topological polar surface area (TPSA) is 82.1 Å². The van der Waals surface area contributed by atoms with Crippen LogP contribution in [0.3, 0.4) is 0 Å². The fraction of sp³-hybridized carbons (Fsp3) is 0.500. The fourth-order valence-corrected chi connectivity index (χ4v) is 3.39. The fourth-order valence-electron chi connectivity index (χ4n) is 3.39. The van der Waals surface area contributed by atoms with Crippen LogP contribution >= 0.6 is 0 Å². The predicted octanol–water partition coefficient (Wildman–Crippen LogP) is 2.63. The molecule has 0 spiro atoms. The molecule has 2 aromatic rings. The van der Waals surface area contributed by atoms with Gasteiger partial charge in [0.2, 0.25) is 0 Å². The quantitative estimate of drug-likeness (QED) is 0.904. The van der Waals surface area contributed by atoms with E-state index in [0.717, 1.165) is 37.8 Å². The number of nitrogens with zero attached hydrogens (tertiary/aromatic N) is 3. The third kappa shape index (κ3) is 3.82. The summed E-state index contributed by atoms with van der Waals surface area (Å²) >= 11 is 0. The number of amides is 1. The second-order valence-electron chi connectivity index (χ2n) is 6.50. The highest BCUT2D eigenvalue weighted by molar-refractivity contribution is 5.95. The molecule has 1 aromatic heterocycles. The van der Waals surface area contributed by atoms with Crippen molar-refractivity contribution in [1.82, 2.24) is 20.1 Å². The number of rotatable bonds is 4. The van der Waals surface area contributed by atoms with Gasteiger partial charge in [0.1, 0.15) is 6.33 Å². The number of aliphatic hydroxyl groups excluding tert-OH is 1. The average Bonchev–Trinajstić information content (AvgIpc) is 3.02. The van der Waals surface area contributed by atoms with E-state index in [1.807, 2.05) is 29.2 Å². The lowest BCUT2D eigenvalue weighted by Gasteiger charge is -2.31. The van der Waals surface area contributed by atoms with Crippen molar-refractivity contribution in [3.05, 3.63) is 36.2 Å². The number of benzene rings is 1. The van der Waals surface area contributed by atoms with Gasteiger partial charge < -0.3 is 10.0 Å². The highest BCUT2D eigenvalue weighted by Crippen LogP contribution is 2.24. The number of H-pyrrole nitrogens is 1. The number of aliphatic hydroxyl groups is 1. The molecule has 1 saturated heterocycles. The molecule has 2 heterocycles. The molecule has 0 saturated carbocycles. The predicted molar refractivity (Wildman–Crippen MR) is 91.4 cm³/mol. The third-order valence-electron chi connectivity index (χ3n) is 4.55. The maximum atomic E-state index is 13.1. The normalized spacial score (nSPS) is 19.8. The Morgan fingerprint density at radius 2 is 2.29 bits per heavy atom. The Morgan fingerprint density at radius 3 is 3.04 bits per heavy atom. The van der Waals surface area contributed by atoms with E-state index in [9.17, 15) is 9.90 Å². The van der Waals surface area contributed by atoms with Crippen LogP contribution in [0.5, 0.6) is 0 Å². The zero-order valence-corrected chi connectivity index (χ0v) is 14.0. The number of hydrogen-bond acceptors (Lipinski definition) is 4. The van der Waals surface area contributed by atoms with Gasteiger partial charge >= 0.3 is 0 Å². The second kappa shape index (κ2) is 7.57. The maximum Gasteiger partial charge on any atom is 0.254 e. The number of aromatic nitrogens is 3. The Morgan fingerprint density at radius 1 is 1.42 bits per heavy atom. The van der Waals surface area contributed by atoms with Gasteiger partial charge in [0.05, 0.1) is 6.10 Å². The molecular formula is C18H24N4O2. The minimum atomic E-state index is -0.399. The van der Waals surface area contributed by atoms with Crippen molar-refractivity contribution in [2.45, 2.75) is 51.2 Å². The highest BCUT2D eigenvalue weighted by atomic mass is 16.3. The molecule has 2 unspecified atom stereocenters. The Kier molecular flexibility index (Phi) is 5.25. The van der Waals surface area contributed by atoms with Crippen molar-refractivity contribution in [3.8, 4) is 11.4 Å². The largest absolute Gasteiger partial charge is 0.393 e. The lowest BCUT2D eigenvalue weighted by molar-refractivity contribution is 0.0607. The lowest BCUT2D eigenvalue weighted by atomic mass is 10.0. The van der Waals surface area contributed by atoms with Gasteiger partial charge in [0.25, 0.3) is 5.91 Å². The van der Waals surface area contributed by atoms with E-state index >= 15 is 0 Å². The molecule has 128 valence electrons. The summed E-state index contributed by atoms with van der Waals surface area (Å²) in [4.78, 5) is 19.2. The van der Waals surface area contributed by atoms with Gasteiger partial charge in [0, 0.05) is 23.7 Å². The Hall–Kier alpha value is -2.21. The maximum absolute atomic E-state index is 13.1. The van der Waals surface area contributed by atoms with E-state index < -0.39 is 6.10 Å². The number of carbonyl (C=O) groups is 1. The minimum absolute atomic E-state index is 0.0314. The summed E-state index contributed by atoms with van der Waals surface area (Å²) in [5.74, 6) is 0.685. The van der Waals surface area contributed by atoms with Gasteiger partial charge in [-0.2, -0.15) is 5.10 Å². The molecule has 6 nitrogen and oxygen atoms in total. The van der Waals surface area contributed by atoms with Crippen LogP contribution in [0.15, 0.2) is 30.6 Å². The van der Waals surface area contributed by atoms with Crippen LogP contribution < -0.4 is 0 Å². The molecule has 1 aliphatic rings. The van der Waals surface area contributed by atoms with E-state index in [1.165, 1.54) is 6.33 Å². The summed E-state index contributed by atoms with van der Waals surface area (Å²) in [6.07, 6.45) is 5.91. The summed E-state index contributed by atoms with van der Waals surface area (Å²) in [5.41, 5.74) is 1.50. The summed E-state index contributed by atoms with van der Waals surface area (Å²) in [5, 5.41) is 16.5. The van der Waals surface area contributed by atoms with Crippen LogP contribution in [-0.4, -0.2) is 49.8 Å². The number of likely N-dealkylation sites (tertiary alicyclic amines) is 1. The van der Waals surface area contributed by atoms with Gasteiger partial charge in [-0.15, -0.1) is 0 Å². The summed E-state index contributed by atoms with van der Waals surface area (Å²) in [6, 6.07) is 7.58. The van der Waals surface area contributed by atoms with Crippen molar-refractivity contribution in [2.75, 3.05) is 6.54 Å². The van der Waals surface area contributed by atoms with E-state index in [4.69, 9.17) is 0 Å².